The first kappa shape index (κ1) is 19.5. The maximum absolute atomic E-state index is 10.9. The fourth-order valence-electron chi connectivity index (χ4n) is 2.65. The number of aromatic nitrogens is 4. The molecule has 26 heavy (non-hydrogen) atoms. The first-order chi connectivity index (χ1) is 11.7. The molecule has 4 aromatic rings. The van der Waals surface area contributed by atoms with Gasteiger partial charge in [0.05, 0.1) is 22.9 Å². The van der Waals surface area contributed by atoms with E-state index in [1.807, 2.05) is 22.9 Å². The standard InChI is InChI=1S/C18H14N4O2.2ClH/c23-18(24)14-4-2-13(3-5-14)17-20-15-6-1-12(9-16(15)21-17)10-22-8-7-19-11-22;;/h1-9,11H,10H2,(H,20,21)(H,23,24);2*1H. The molecular formula is C18H16Cl2N4O2. The number of carboxylic acid groups (broad SMARTS) is 1. The average Bonchev–Trinajstić information content (AvgIpc) is 3.24. The Morgan fingerprint density at radius 2 is 1.88 bits per heavy atom. The first-order valence-corrected chi connectivity index (χ1v) is 7.47. The zero-order valence-corrected chi connectivity index (χ0v) is 15.1. The Hall–Kier alpha value is -2.83. The summed E-state index contributed by atoms with van der Waals surface area (Å²) in [5, 5.41) is 8.97. The molecule has 2 heterocycles. The van der Waals surface area contributed by atoms with Crippen LogP contribution in [0.5, 0.6) is 0 Å². The largest absolute Gasteiger partial charge is 0.478 e. The van der Waals surface area contributed by atoms with E-state index >= 15 is 0 Å². The van der Waals surface area contributed by atoms with Crippen LogP contribution >= 0.6 is 24.8 Å². The SMILES string of the molecule is Cl.Cl.O=C(O)c1ccc(-c2nc3ccc(Cn4ccnc4)cc3[nH]2)cc1. The molecule has 0 saturated heterocycles. The smallest absolute Gasteiger partial charge is 0.335 e. The van der Waals surface area contributed by atoms with Gasteiger partial charge < -0.3 is 14.7 Å². The van der Waals surface area contributed by atoms with E-state index in [-0.39, 0.29) is 30.4 Å². The van der Waals surface area contributed by atoms with Gasteiger partial charge in [-0.05, 0) is 29.8 Å². The van der Waals surface area contributed by atoms with E-state index in [0.717, 1.165) is 34.5 Å². The number of aromatic amines is 1. The lowest BCUT2D eigenvalue weighted by Gasteiger charge is -2.01. The van der Waals surface area contributed by atoms with Gasteiger partial charge in [0.25, 0.3) is 0 Å². The number of hydrogen-bond acceptors (Lipinski definition) is 3. The fraction of sp³-hybridized carbons (Fsp3) is 0.0556. The fourth-order valence-corrected chi connectivity index (χ4v) is 2.65. The lowest BCUT2D eigenvalue weighted by atomic mass is 10.1. The van der Waals surface area contributed by atoms with Gasteiger partial charge >= 0.3 is 5.97 Å². The minimum atomic E-state index is -0.935. The second-order valence-electron chi connectivity index (χ2n) is 5.55. The highest BCUT2D eigenvalue weighted by Crippen LogP contribution is 2.22. The molecule has 0 unspecified atom stereocenters. The lowest BCUT2D eigenvalue weighted by molar-refractivity contribution is 0.0697. The third-order valence-corrected chi connectivity index (χ3v) is 3.88. The van der Waals surface area contributed by atoms with Crippen LogP contribution in [0.15, 0.2) is 61.2 Å². The molecular weight excluding hydrogens is 375 g/mol. The quantitative estimate of drug-likeness (QED) is 0.551. The molecule has 0 saturated carbocycles. The van der Waals surface area contributed by atoms with E-state index in [1.165, 1.54) is 0 Å². The molecule has 0 radical (unpaired) electrons. The van der Waals surface area contributed by atoms with E-state index in [9.17, 15) is 4.79 Å². The Morgan fingerprint density at radius 1 is 1.12 bits per heavy atom. The van der Waals surface area contributed by atoms with Crippen LogP contribution in [0.3, 0.4) is 0 Å². The third kappa shape index (κ3) is 3.87. The zero-order valence-electron chi connectivity index (χ0n) is 13.5. The summed E-state index contributed by atoms with van der Waals surface area (Å²) in [7, 11) is 0. The molecule has 0 aliphatic rings. The number of fused-ring (bicyclic) bond motifs is 1. The third-order valence-electron chi connectivity index (χ3n) is 3.88. The normalized spacial score (nSPS) is 10.2. The maximum Gasteiger partial charge on any atom is 0.335 e. The van der Waals surface area contributed by atoms with Crippen molar-refractivity contribution in [3.8, 4) is 11.4 Å². The summed E-state index contributed by atoms with van der Waals surface area (Å²) in [6.45, 7) is 0.748. The van der Waals surface area contributed by atoms with Crippen LogP contribution in [-0.4, -0.2) is 30.6 Å². The highest BCUT2D eigenvalue weighted by molar-refractivity contribution is 5.88. The molecule has 4 rings (SSSR count). The van der Waals surface area contributed by atoms with Crippen molar-refractivity contribution in [2.45, 2.75) is 6.54 Å². The van der Waals surface area contributed by atoms with Crippen molar-refractivity contribution in [2.24, 2.45) is 0 Å². The van der Waals surface area contributed by atoms with E-state index in [0.29, 0.717) is 0 Å². The number of carboxylic acids is 1. The number of benzene rings is 2. The van der Waals surface area contributed by atoms with Gasteiger partial charge in [-0.3, -0.25) is 0 Å². The molecule has 6 nitrogen and oxygen atoms in total. The van der Waals surface area contributed by atoms with Crippen molar-refractivity contribution >= 4 is 41.8 Å². The van der Waals surface area contributed by atoms with Gasteiger partial charge in [-0.2, -0.15) is 0 Å². The topological polar surface area (TPSA) is 83.8 Å². The van der Waals surface area contributed by atoms with Crippen molar-refractivity contribution in [3.63, 3.8) is 0 Å². The monoisotopic (exact) mass is 390 g/mol. The van der Waals surface area contributed by atoms with Gasteiger partial charge in [0.15, 0.2) is 0 Å². The number of imidazole rings is 2. The van der Waals surface area contributed by atoms with Crippen LogP contribution < -0.4 is 0 Å². The predicted octanol–water partition coefficient (Wildman–Crippen LogP) is 4.02. The molecule has 0 amide bonds. The van der Waals surface area contributed by atoms with Crippen LogP contribution in [0.4, 0.5) is 0 Å². The summed E-state index contributed by atoms with van der Waals surface area (Å²) < 4.78 is 2.00. The maximum atomic E-state index is 10.9. The average molecular weight is 391 g/mol. The van der Waals surface area contributed by atoms with Crippen LogP contribution in [0.1, 0.15) is 15.9 Å². The van der Waals surface area contributed by atoms with Gasteiger partial charge in [0.2, 0.25) is 0 Å². The Kier molecular flexibility index (Phi) is 6.02. The molecule has 2 aromatic heterocycles. The molecule has 0 fully saturated rings. The lowest BCUT2D eigenvalue weighted by Crippen LogP contribution is -1.95. The Bertz CT molecular complexity index is 1010. The highest BCUT2D eigenvalue weighted by atomic mass is 35.5. The molecule has 0 aliphatic carbocycles. The Morgan fingerprint density at radius 3 is 2.54 bits per heavy atom. The van der Waals surface area contributed by atoms with E-state index in [2.05, 4.69) is 21.0 Å². The first-order valence-electron chi connectivity index (χ1n) is 7.47. The molecule has 0 aliphatic heterocycles. The minimum absolute atomic E-state index is 0. The van der Waals surface area contributed by atoms with Crippen LogP contribution in [-0.2, 0) is 6.54 Å². The Labute approximate surface area is 161 Å². The van der Waals surface area contributed by atoms with E-state index in [1.54, 1.807) is 36.8 Å². The number of halogens is 2. The second kappa shape index (κ2) is 8.03. The molecule has 0 spiro atoms. The zero-order chi connectivity index (χ0) is 16.5. The number of carbonyl (C=O) groups is 1. The number of nitrogens with zero attached hydrogens (tertiary/aromatic N) is 3. The number of aromatic carboxylic acids is 1. The Balaban J connectivity index is 0.00000121. The highest BCUT2D eigenvalue weighted by Gasteiger charge is 2.08. The van der Waals surface area contributed by atoms with Crippen molar-refractivity contribution in [2.75, 3.05) is 0 Å². The molecule has 0 bridgehead atoms. The van der Waals surface area contributed by atoms with Crippen molar-refractivity contribution < 1.29 is 9.90 Å². The summed E-state index contributed by atoms with van der Waals surface area (Å²) in [4.78, 5) is 22.8. The molecule has 134 valence electrons. The van der Waals surface area contributed by atoms with Crippen LogP contribution in [0.2, 0.25) is 0 Å². The number of hydrogen-bond donors (Lipinski definition) is 2. The molecule has 0 atom stereocenters. The minimum Gasteiger partial charge on any atom is -0.478 e. The molecule has 2 N–H and O–H groups in total. The van der Waals surface area contributed by atoms with Gasteiger partial charge in [0, 0.05) is 24.5 Å². The second-order valence-corrected chi connectivity index (χ2v) is 5.55. The predicted molar refractivity (Wildman–Crippen MR) is 104 cm³/mol. The summed E-state index contributed by atoms with van der Waals surface area (Å²) in [5.74, 6) is -0.211. The summed E-state index contributed by atoms with van der Waals surface area (Å²) in [6.07, 6.45) is 5.47. The summed E-state index contributed by atoms with van der Waals surface area (Å²) >= 11 is 0. The van der Waals surface area contributed by atoms with Crippen molar-refractivity contribution in [3.05, 3.63) is 72.3 Å². The molecule has 8 heteroatoms. The van der Waals surface area contributed by atoms with Crippen LogP contribution in [0.25, 0.3) is 22.4 Å². The number of rotatable bonds is 4. The van der Waals surface area contributed by atoms with Crippen LogP contribution in [0, 0.1) is 0 Å². The summed E-state index contributed by atoms with van der Waals surface area (Å²) in [6, 6.07) is 12.8. The van der Waals surface area contributed by atoms with Gasteiger partial charge in [0.1, 0.15) is 5.82 Å². The molecule has 2 aromatic carbocycles. The van der Waals surface area contributed by atoms with Crippen molar-refractivity contribution in [1.29, 1.82) is 0 Å². The van der Waals surface area contributed by atoms with Gasteiger partial charge in [-0.25, -0.2) is 14.8 Å². The van der Waals surface area contributed by atoms with E-state index < -0.39 is 5.97 Å². The van der Waals surface area contributed by atoms with E-state index in [4.69, 9.17) is 5.11 Å². The van der Waals surface area contributed by atoms with Crippen molar-refractivity contribution in [1.82, 2.24) is 19.5 Å². The van der Waals surface area contributed by atoms with Gasteiger partial charge in [-0.15, -0.1) is 24.8 Å². The summed E-state index contributed by atoms with van der Waals surface area (Å²) in [5.41, 5.74) is 4.09. The number of nitrogens with one attached hydrogen (secondary N) is 1. The van der Waals surface area contributed by atoms with Gasteiger partial charge in [-0.1, -0.05) is 18.2 Å². The number of H-pyrrole nitrogens is 1.